The topological polar surface area (TPSA) is 104 Å². The first-order valence-corrected chi connectivity index (χ1v) is 8.01. The number of carbonyl (C=O) groups excluding carboxylic acids is 2. The molecule has 0 amide bonds. The van der Waals surface area contributed by atoms with Crippen LogP contribution >= 0.6 is 0 Å². The molecule has 6 nitrogen and oxygen atoms in total. The summed E-state index contributed by atoms with van der Waals surface area (Å²) in [7, 11) is -3.90. The fourth-order valence-electron chi connectivity index (χ4n) is 1.78. The Morgan fingerprint density at radius 3 is 2.25 bits per heavy atom. The van der Waals surface area contributed by atoms with Crippen LogP contribution < -0.4 is 5.14 Å². The molecule has 2 N–H and O–H groups in total. The Kier molecular flexibility index (Phi) is 5.05. The Morgan fingerprint density at radius 1 is 1.04 bits per heavy atom. The molecule has 0 fully saturated rings. The van der Waals surface area contributed by atoms with E-state index in [1.165, 1.54) is 0 Å². The Balaban J connectivity index is 2.05. The lowest BCUT2D eigenvalue weighted by Crippen LogP contribution is -2.16. The van der Waals surface area contributed by atoms with E-state index in [1.54, 1.807) is 0 Å². The zero-order chi connectivity index (χ0) is 17.9. The van der Waals surface area contributed by atoms with E-state index in [4.69, 9.17) is 9.88 Å². The average Bonchev–Trinajstić information content (AvgIpc) is 2.53. The number of hydrogen-bond acceptors (Lipinski definition) is 5. The van der Waals surface area contributed by atoms with Crippen LogP contribution in [-0.4, -0.2) is 26.8 Å². The number of carbonyl (C=O) groups is 2. The maximum atomic E-state index is 13.4. The lowest BCUT2D eigenvalue weighted by Gasteiger charge is -2.06. The smallest absolute Gasteiger partial charge is 0.338 e. The third-order valence-corrected chi connectivity index (χ3v) is 3.91. The average molecular weight is 355 g/mol. The van der Waals surface area contributed by atoms with Crippen LogP contribution in [0.5, 0.6) is 0 Å². The van der Waals surface area contributed by atoms with Crippen LogP contribution in [0.25, 0.3) is 0 Å². The standard InChI is InChI=1S/C15H11F2NO5S/c16-10-3-6-13(17)12(7-10)14(19)8-23-15(20)9-1-4-11(5-2-9)24(18,21)22/h1-7H,8H2,(H2,18,21,22). The van der Waals surface area contributed by atoms with Crippen molar-refractivity contribution in [1.82, 2.24) is 0 Å². The van der Waals surface area contributed by atoms with Crippen molar-refractivity contribution in [2.75, 3.05) is 6.61 Å². The fourth-order valence-corrected chi connectivity index (χ4v) is 2.30. The van der Waals surface area contributed by atoms with Crippen LogP contribution in [0.1, 0.15) is 20.7 Å². The van der Waals surface area contributed by atoms with Gasteiger partial charge in [-0.15, -0.1) is 0 Å². The summed E-state index contributed by atoms with van der Waals surface area (Å²) in [5.74, 6) is -3.58. The Labute approximate surface area is 135 Å². The number of halogens is 2. The van der Waals surface area contributed by atoms with Crippen molar-refractivity contribution in [2.24, 2.45) is 5.14 Å². The normalized spacial score (nSPS) is 11.1. The number of esters is 1. The highest BCUT2D eigenvalue weighted by atomic mass is 32.2. The van der Waals surface area contributed by atoms with Gasteiger partial charge in [0.15, 0.2) is 6.61 Å². The van der Waals surface area contributed by atoms with Crippen LogP contribution in [-0.2, 0) is 14.8 Å². The second-order valence-corrected chi connectivity index (χ2v) is 6.25. The SMILES string of the molecule is NS(=O)(=O)c1ccc(C(=O)OCC(=O)c2cc(F)ccc2F)cc1. The Morgan fingerprint density at radius 2 is 1.67 bits per heavy atom. The first-order chi connectivity index (χ1) is 11.2. The number of sulfonamides is 1. The van der Waals surface area contributed by atoms with Crippen molar-refractivity contribution >= 4 is 21.8 Å². The number of hydrogen-bond donors (Lipinski definition) is 1. The lowest BCUT2D eigenvalue weighted by molar-refractivity contribution is 0.0473. The maximum absolute atomic E-state index is 13.4. The van der Waals surface area contributed by atoms with E-state index in [1.807, 2.05) is 0 Å². The molecule has 2 rings (SSSR count). The maximum Gasteiger partial charge on any atom is 0.338 e. The van der Waals surface area contributed by atoms with Gasteiger partial charge in [-0.2, -0.15) is 0 Å². The number of ketones is 1. The summed E-state index contributed by atoms with van der Waals surface area (Å²) in [6.07, 6.45) is 0. The van der Waals surface area contributed by atoms with E-state index in [2.05, 4.69) is 0 Å². The molecule has 9 heteroatoms. The van der Waals surface area contributed by atoms with Crippen LogP contribution in [0, 0.1) is 11.6 Å². The zero-order valence-corrected chi connectivity index (χ0v) is 12.8. The predicted octanol–water partition coefficient (Wildman–Crippen LogP) is 1.65. The number of primary sulfonamides is 1. The Hall–Kier alpha value is -2.65. The van der Waals surface area contributed by atoms with Crippen molar-refractivity contribution in [3.05, 3.63) is 65.2 Å². The van der Waals surface area contributed by atoms with Gasteiger partial charge in [0.05, 0.1) is 16.0 Å². The minimum atomic E-state index is -3.90. The summed E-state index contributed by atoms with van der Waals surface area (Å²) >= 11 is 0. The quantitative estimate of drug-likeness (QED) is 0.649. The van der Waals surface area contributed by atoms with Gasteiger partial charge in [0.1, 0.15) is 11.6 Å². The lowest BCUT2D eigenvalue weighted by atomic mass is 10.1. The van der Waals surface area contributed by atoms with Crippen molar-refractivity contribution < 1.29 is 31.5 Å². The summed E-state index contributed by atoms with van der Waals surface area (Å²) in [5.41, 5.74) is -0.567. The van der Waals surface area contributed by atoms with E-state index < -0.39 is 45.6 Å². The monoisotopic (exact) mass is 355 g/mol. The molecule has 0 aliphatic heterocycles. The fraction of sp³-hybridized carbons (Fsp3) is 0.0667. The van der Waals surface area contributed by atoms with Crippen molar-refractivity contribution in [3.63, 3.8) is 0 Å². The molecule has 0 unspecified atom stereocenters. The van der Waals surface area contributed by atoms with Gasteiger partial charge >= 0.3 is 5.97 Å². The third-order valence-electron chi connectivity index (χ3n) is 2.98. The van der Waals surface area contributed by atoms with E-state index in [9.17, 15) is 26.8 Å². The minimum absolute atomic E-state index is 0.0325. The molecule has 0 aliphatic carbocycles. The zero-order valence-electron chi connectivity index (χ0n) is 12.0. The predicted molar refractivity (Wildman–Crippen MR) is 78.8 cm³/mol. The number of Topliss-reactive ketones (excluding diaryl/α,β-unsaturated/α-hetero) is 1. The first kappa shape index (κ1) is 17.7. The molecule has 126 valence electrons. The molecular weight excluding hydrogens is 344 g/mol. The van der Waals surface area contributed by atoms with Gasteiger partial charge in [0.2, 0.25) is 15.8 Å². The number of rotatable bonds is 5. The molecule has 2 aromatic carbocycles. The van der Waals surface area contributed by atoms with Gasteiger partial charge in [0.25, 0.3) is 0 Å². The molecule has 0 saturated carbocycles. The summed E-state index contributed by atoms with van der Waals surface area (Å²) in [6.45, 7) is -0.795. The Bertz CT molecular complexity index is 895. The van der Waals surface area contributed by atoms with E-state index in [-0.39, 0.29) is 10.5 Å². The molecule has 2 aromatic rings. The van der Waals surface area contributed by atoms with E-state index in [0.29, 0.717) is 6.07 Å². The molecule has 24 heavy (non-hydrogen) atoms. The molecule has 0 aromatic heterocycles. The van der Waals surface area contributed by atoms with Gasteiger partial charge in [-0.25, -0.2) is 27.1 Å². The summed E-state index contributed by atoms with van der Waals surface area (Å²) in [5, 5.41) is 4.92. The van der Waals surface area contributed by atoms with Crippen LogP contribution in [0.15, 0.2) is 47.4 Å². The highest BCUT2D eigenvalue weighted by Crippen LogP contribution is 2.12. The third kappa shape index (κ3) is 4.21. The summed E-state index contributed by atoms with van der Waals surface area (Å²) < 4.78 is 53.3. The largest absolute Gasteiger partial charge is 0.454 e. The number of benzene rings is 2. The van der Waals surface area contributed by atoms with Gasteiger partial charge in [-0.1, -0.05) is 0 Å². The van der Waals surface area contributed by atoms with Crippen molar-refractivity contribution in [1.29, 1.82) is 0 Å². The van der Waals surface area contributed by atoms with E-state index in [0.717, 1.165) is 36.4 Å². The number of ether oxygens (including phenoxy) is 1. The molecule has 0 aliphatic rings. The second-order valence-electron chi connectivity index (χ2n) is 4.69. The highest BCUT2D eigenvalue weighted by Gasteiger charge is 2.16. The van der Waals surface area contributed by atoms with Crippen LogP contribution in [0.2, 0.25) is 0 Å². The molecule has 0 saturated heterocycles. The van der Waals surface area contributed by atoms with Gasteiger partial charge in [-0.05, 0) is 42.5 Å². The van der Waals surface area contributed by atoms with Crippen LogP contribution in [0.4, 0.5) is 8.78 Å². The summed E-state index contributed by atoms with van der Waals surface area (Å²) in [6, 6.07) is 6.83. The molecule has 0 heterocycles. The first-order valence-electron chi connectivity index (χ1n) is 6.47. The van der Waals surface area contributed by atoms with Gasteiger partial charge < -0.3 is 4.74 Å². The molecule has 0 atom stereocenters. The molecule has 0 spiro atoms. The summed E-state index contributed by atoms with van der Waals surface area (Å²) in [4.78, 5) is 23.3. The van der Waals surface area contributed by atoms with E-state index >= 15 is 0 Å². The van der Waals surface area contributed by atoms with Gasteiger partial charge in [0, 0.05) is 0 Å². The van der Waals surface area contributed by atoms with Crippen molar-refractivity contribution in [2.45, 2.75) is 4.90 Å². The highest BCUT2D eigenvalue weighted by molar-refractivity contribution is 7.89. The second kappa shape index (κ2) is 6.85. The van der Waals surface area contributed by atoms with Crippen molar-refractivity contribution in [3.8, 4) is 0 Å². The minimum Gasteiger partial charge on any atom is -0.454 e. The molecular formula is C15H11F2NO5S. The number of nitrogens with two attached hydrogens (primary N) is 1. The van der Waals surface area contributed by atoms with Gasteiger partial charge in [-0.3, -0.25) is 4.79 Å². The molecule has 0 radical (unpaired) electrons. The molecule has 0 bridgehead atoms. The van der Waals surface area contributed by atoms with Crippen LogP contribution in [0.3, 0.4) is 0 Å².